The number of nitrogens with one attached hydrogen (secondary N) is 2. The highest BCUT2D eigenvalue weighted by molar-refractivity contribution is 6.30. The summed E-state index contributed by atoms with van der Waals surface area (Å²) >= 11 is 5.81. The van der Waals surface area contributed by atoms with Gasteiger partial charge < -0.3 is 20.1 Å². The van der Waals surface area contributed by atoms with Gasteiger partial charge in [0.05, 0.1) is 0 Å². The maximum absolute atomic E-state index is 13.1. The first-order valence-corrected chi connectivity index (χ1v) is 9.62. The molecular formula is C21H20ClFN2O4. The lowest BCUT2D eigenvalue weighted by molar-refractivity contribution is -0.151. The first-order chi connectivity index (χ1) is 13.9. The number of carbonyl (C=O) groups is 2. The lowest BCUT2D eigenvalue weighted by Gasteiger charge is -2.70. The Balaban J connectivity index is 1.16. The molecule has 2 N–H and O–H groups in total. The number of benzene rings is 2. The lowest BCUT2D eigenvalue weighted by atomic mass is 9.44. The Labute approximate surface area is 172 Å². The van der Waals surface area contributed by atoms with Gasteiger partial charge >= 0.3 is 0 Å². The molecule has 0 radical (unpaired) electrons. The van der Waals surface area contributed by atoms with Gasteiger partial charge in [-0.15, -0.1) is 0 Å². The van der Waals surface area contributed by atoms with Gasteiger partial charge in [0.2, 0.25) is 0 Å². The van der Waals surface area contributed by atoms with Gasteiger partial charge in [-0.05, 0) is 55.7 Å². The molecule has 0 unspecified atom stereocenters. The van der Waals surface area contributed by atoms with Crippen LogP contribution in [0.15, 0.2) is 48.5 Å². The monoisotopic (exact) mass is 418 g/mol. The maximum atomic E-state index is 13.1. The summed E-state index contributed by atoms with van der Waals surface area (Å²) in [4.78, 5) is 24.2. The van der Waals surface area contributed by atoms with Gasteiger partial charge in [0, 0.05) is 22.2 Å². The summed E-state index contributed by atoms with van der Waals surface area (Å²) in [6.07, 6.45) is 2.04. The van der Waals surface area contributed by atoms with Crippen molar-refractivity contribution >= 4 is 23.4 Å². The Morgan fingerprint density at radius 1 is 0.897 bits per heavy atom. The Hall–Kier alpha value is -2.80. The van der Waals surface area contributed by atoms with E-state index in [0.717, 1.165) is 0 Å². The van der Waals surface area contributed by atoms with Crippen molar-refractivity contribution < 1.29 is 23.5 Å². The number of ether oxygens (including phenoxy) is 2. The minimum atomic E-state index is -0.417. The van der Waals surface area contributed by atoms with Crippen LogP contribution in [0.25, 0.3) is 0 Å². The van der Waals surface area contributed by atoms with E-state index in [0.29, 0.717) is 35.8 Å². The summed E-state index contributed by atoms with van der Waals surface area (Å²) in [5.41, 5.74) is -0.552. The third kappa shape index (κ3) is 4.45. The van der Waals surface area contributed by atoms with Crippen LogP contribution in [0, 0.1) is 5.82 Å². The lowest BCUT2D eigenvalue weighted by Crippen LogP contribution is -2.84. The molecule has 2 amide bonds. The van der Waals surface area contributed by atoms with E-state index in [1.54, 1.807) is 30.3 Å². The molecule has 2 aromatic carbocycles. The molecule has 8 heteroatoms. The van der Waals surface area contributed by atoms with E-state index in [1.165, 1.54) is 18.2 Å². The molecule has 2 aromatic rings. The van der Waals surface area contributed by atoms with Crippen molar-refractivity contribution in [3.8, 4) is 11.5 Å². The topological polar surface area (TPSA) is 76.7 Å². The molecule has 29 heavy (non-hydrogen) atoms. The molecule has 0 saturated heterocycles. The number of hydrogen-bond donors (Lipinski definition) is 2. The molecule has 0 aromatic heterocycles. The Morgan fingerprint density at radius 2 is 1.45 bits per heavy atom. The van der Waals surface area contributed by atoms with Crippen molar-refractivity contribution in [2.24, 2.45) is 0 Å². The summed E-state index contributed by atoms with van der Waals surface area (Å²) in [6, 6.07) is 12.4. The number of halogens is 2. The molecule has 0 spiro atoms. The highest BCUT2D eigenvalue weighted by atomic mass is 35.5. The van der Waals surface area contributed by atoms with Gasteiger partial charge in [0.15, 0.2) is 13.2 Å². The first-order valence-electron chi connectivity index (χ1n) is 9.24. The average molecular weight is 419 g/mol. The zero-order chi connectivity index (χ0) is 20.5. The molecule has 2 bridgehead atoms. The molecule has 6 nitrogen and oxygen atoms in total. The van der Waals surface area contributed by atoms with Gasteiger partial charge in [-0.1, -0.05) is 17.7 Å². The van der Waals surface area contributed by atoms with Crippen LogP contribution in [0.3, 0.4) is 0 Å². The maximum Gasteiger partial charge on any atom is 0.258 e. The highest BCUT2D eigenvalue weighted by Crippen LogP contribution is 2.60. The molecule has 0 atom stereocenters. The van der Waals surface area contributed by atoms with Crippen LogP contribution >= 0.6 is 11.6 Å². The largest absolute Gasteiger partial charge is 0.484 e. The van der Waals surface area contributed by atoms with Crippen LogP contribution in [0.5, 0.6) is 11.5 Å². The zero-order valence-corrected chi connectivity index (χ0v) is 16.3. The van der Waals surface area contributed by atoms with Crippen LogP contribution in [0.1, 0.15) is 19.3 Å². The summed E-state index contributed by atoms with van der Waals surface area (Å²) in [7, 11) is 0. The van der Waals surface area contributed by atoms with Crippen LogP contribution in [-0.4, -0.2) is 36.1 Å². The fraction of sp³-hybridized carbons (Fsp3) is 0.333. The molecule has 3 aliphatic carbocycles. The predicted octanol–water partition coefficient (Wildman–Crippen LogP) is 2.84. The second kappa shape index (κ2) is 7.55. The SMILES string of the molecule is O=C(COc1ccc(Cl)cc1)NC12CC(NC(=O)COc3cccc(F)c3)(C1)C2. The molecule has 0 aliphatic heterocycles. The van der Waals surface area contributed by atoms with E-state index in [-0.39, 0.29) is 36.1 Å². The van der Waals surface area contributed by atoms with Crippen LogP contribution in [-0.2, 0) is 9.59 Å². The van der Waals surface area contributed by atoms with Gasteiger partial charge in [-0.3, -0.25) is 9.59 Å². The smallest absolute Gasteiger partial charge is 0.258 e. The van der Waals surface area contributed by atoms with E-state index >= 15 is 0 Å². The second-order valence-electron chi connectivity index (χ2n) is 7.68. The fourth-order valence-electron chi connectivity index (χ4n) is 4.10. The third-order valence-electron chi connectivity index (χ3n) is 5.19. The summed E-state index contributed by atoms with van der Waals surface area (Å²) in [5, 5.41) is 6.54. The third-order valence-corrected chi connectivity index (χ3v) is 5.44. The minimum Gasteiger partial charge on any atom is -0.484 e. The Kier molecular flexibility index (Phi) is 5.08. The van der Waals surface area contributed by atoms with Crippen molar-refractivity contribution in [3.63, 3.8) is 0 Å². The van der Waals surface area contributed by atoms with Crippen molar-refractivity contribution in [2.45, 2.75) is 30.3 Å². The van der Waals surface area contributed by atoms with E-state index in [4.69, 9.17) is 21.1 Å². The molecule has 3 aliphatic rings. The number of carbonyl (C=O) groups excluding carboxylic acids is 2. The molecule has 0 heterocycles. The predicted molar refractivity (Wildman–Crippen MR) is 104 cm³/mol. The Morgan fingerprint density at radius 3 is 2.00 bits per heavy atom. The van der Waals surface area contributed by atoms with E-state index < -0.39 is 5.82 Å². The van der Waals surface area contributed by atoms with Crippen molar-refractivity contribution in [3.05, 3.63) is 59.4 Å². The molecule has 152 valence electrons. The van der Waals surface area contributed by atoms with Crippen LogP contribution < -0.4 is 20.1 Å². The highest BCUT2D eigenvalue weighted by Gasteiger charge is 2.69. The van der Waals surface area contributed by atoms with Gasteiger partial charge in [-0.25, -0.2) is 4.39 Å². The molecule has 3 fully saturated rings. The first kappa shape index (κ1) is 19.5. The van der Waals surface area contributed by atoms with Crippen LogP contribution in [0.2, 0.25) is 5.02 Å². The minimum absolute atomic E-state index is 0.0792. The van der Waals surface area contributed by atoms with Gasteiger partial charge in [-0.2, -0.15) is 0 Å². The summed E-state index contributed by atoms with van der Waals surface area (Å²) < 4.78 is 23.9. The van der Waals surface area contributed by atoms with Crippen molar-refractivity contribution in [1.82, 2.24) is 10.6 Å². The van der Waals surface area contributed by atoms with Crippen molar-refractivity contribution in [1.29, 1.82) is 0 Å². The van der Waals surface area contributed by atoms with E-state index in [2.05, 4.69) is 10.6 Å². The number of amides is 2. The normalized spacial score (nSPS) is 23.9. The van der Waals surface area contributed by atoms with Gasteiger partial charge in [0.1, 0.15) is 17.3 Å². The molecule has 5 rings (SSSR count). The van der Waals surface area contributed by atoms with E-state index in [1.807, 2.05) is 0 Å². The Bertz CT molecular complexity index is 915. The average Bonchev–Trinajstić information content (AvgIpc) is 2.63. The summed E-state index contributed by atoms with van der Waals surface area (Å²) in [6.45, 7) is -0.260. The quantitative estimate of drug-likeness (QED) is 0.691. The number of rotatable bonds is 8. The molecule has 3 saturated carbocycles. The molecular weight excluding hydrogens is 399 g/mol. The second-order valence-corrected chi connectivity index (χ2v) is 8.11. The van der Waals surface area contributed by atoms with Crippen LogP contribution in [0.4, 0.5) is 4.39 Å². The van der Waals surface area contributed by atoms with Crippen molar-refractivity contribution in [2.75, 3.05) is 13.2 Å². The summed E-state index contributed by atoms with van der Waals surface area (Å²) in [5.74, 6) is 0.000344. The zero-order valence-electron chi connectivity index (χ0n) is 15.5. The van der Waals surface area contributed by atoms with E-state index in [9.17, 15) is 14.0 Å². The fourth-order valence-corrected chi connectivity index (χ4v) is 4.23. The number of hydrogen-bond acceptors (Lipinski definition) is 4. The standard InChI is InChI=1S/C21H20ClFN2O4/c22-14-4-6-16(7-5-14)28-9-18(26)24-20-11-21(12-20,13-20)25-19(27)10-29-17-3-1-2-15(23)8-17/h1-8H,9-13H2,(H,24,26)(H,25,27). The van der Waals surface area contributed by atoms with Gasteiger partial charge in [0.25, 0.3) is 11.8 Å².